The molecule has 0 aliphatic rings. The number of carbonyl (C=O) groups is 5. The standard InChI is InChI=1S/C20H27IN4O8/c21-12-4-6-13(7-5-12)23-19(32)22-10-2-1-3-14(11-17(28)29)24-20(33)25-15(18(30)31)8-9-16(26)27/h4-7,14-15H,1-3,8-11H2,(H,26,27)(H,28,29)(H,30,31)(H2,22,23,32)(H2,24,25,33)/t14-,15-/m0/s1. The van der Waals surface area contributed by atoms with Gasteiger partial charge in [0.25, 0.3) is 0 Å². The third kappa shape index (κ3) is 13.1. The summed E-state index contributed by atoms with van der Waals surface area (Å²) in [6, 6.07) is 3.79. The van der Waals surface area contributed by atoms with Gasteiger partial charge in [0.1, 0.15) is 6.04 Å². The van der Waals surface area contributed by atoms with Crippen molar-refractivity contribution in [3.05, 3.63) is 27.8 Å². The molecule has 13 heteroatoms. The van der Waals surface area contributed by atoms with E-state index in [2.05, 4.69) is 43.9 Å². The Labute approximate surface area is 203 Å². The maximum Gasteiger partial charge on any atom is 0.326 e. The molecule has 0 aliphatic carbocycles. The number of amides is 4. The van der Waals surface area contributed by atoms with Crippen molar-refractivity contribution in [2.45, 2.75) is 50.6 Å². The fraction of sp³-hybridized carbons (Fsp3) is 0.450. The summed E-state index contributed by atoms with van der Waals surface area (Å²) in [5.41, 5.74) is 0.646. The summed E-state index contributed by atoms with van der Waals surface area (Å²) in [6.07, 6.45) is 0.172. The highest BCUT2D eigenvalue weighted by molar-refractivity contribution is 14.1. The van der Waals surface area contributed by atoms with Crippen LogP contribution in [0.4, 0.5) is 15.3 Å². The lowest BCUT2D eigenvalue weighted by molar-refractivity contribution is -0.141. The zero-order valence-electron chi connectivity index (χ0n) is 17.7. The summed E-state index contributed by atoms with van der Waals surface area (Å²) in [5.74, 6) is -3.74. The predicted octanol–water partition coefficient (Wildman–Crippen LogP) is 2.04. The van der Waals surface area contributed by atoms with Gasteiger partial charge < -0.3 is 36.6 Å². The van der Waals surface area contributed by atoms with Gasteiger partial charge >= 0.3 is 30.0 Å². The number of benzene rings is 1. The summed E-state index contributed by atoms with van der Waals surface area (Å²) in [4.78, 5) is 56.8. The molecule has 1 rings (SSSR count). The molecular formula is C20H27IN4O8. The van der Waals surface area contributed by atoms with E-state index in [0.717, 1.165) is 3.57 Å². The SMILES string of the molecule is O=C(O)CC[C@H](NC(=O)N[C@@H](CCCCNC(=O)Nc1ccc(I)cc1)CC(=O)O)C(=O)O. The molecule has 7 N–H and O–H groups in total. The first-order valence-corrected chi connectivity index (χ1v) is 11.2. The number of aliphatic carboxylic acids is 3. The lowest BCUT2D eigenvalue weighted by Gasteiger charge is -2.20. The highest BCUT2D eigenvalue weighted by atomic mass is 127. The van der Waals surface area contributed by atoms with E-state index in [-0.39, 0.29) is 25.3 Å². The molecule has 0 saturated heterocycles. The number of anilines is 1. The first kappa shape index (κ1) is 27.9. The van der Waals surface area contributed by atoms with Crippen molar-refractivity contribution in [3.8, 4) is 0 Å². The maximum atomic E-state index is 12.1. The number of rotatable bonds is 14. The van der Waals surface area contributed by atoms with E-state index in [1.54, 1.807) is 12.1 Å². The van der Waals surface area contributed by atoms with E-state index >= 15 is 0 Å². The van der Waals surface area contributed by atoms with E-state index < -0.39 is 42.4 Å². The van der Waals surface area contributed by atoms with Gasteiger partial charge in [-0.15, -0.1) is 0 Å². The van der Waals surface area contributed by atoms with Crippen LogP contribution < -0.4 is 21.3 Å². The van der Waals surface area contributed by atoms with Gasteiger partial charge in [-0.05, 0) is 72.5 Å². The molecule has 0 unspecified atom stereocenters. The van der Waals surface area contributed by atoms with Crippen LogP contribution in [-0.2, 0) is 14.4 Å². The van der Waals surface area contributed by atoms with E-state index in [4.69, 9.17) is 15.3 Å². The second kappa shape index (κ2) is 14.9. The Hall–Kier alpha value is -3.10. The van der Waals surface area contributed by atoms with Gasteiger partial charge in [0.2, 0.25) is 0 Å². The smallest absolute Gasteiger partial charge is 0.326 e. The molecule has 0 heterocycles. The number of carboxylic acids is 3. The summed E-state index contributed by atoms with van der Waals surface area (Å²) in [6.45, 7) is 0.332. The number of carboxylic acid groups (broad SMARTS) is 3. The Kier molecular flexibility index (Phi) is 12.6. The van der Waals surface area contributed by atoms with Crippen molar-refractivity contribution in [2.24, 2.45) is 0 Å². The van der Waals surface area contributed by atoms with Crippen LogP contribution in [0.15, 0.2) is 24.3 Å². The molecule has 0 saturated carbocycles. The minimum Gasteiger partial charge on any atom is -0.481 e. The number of nitrogens with one attached hydrogen (secondary N) is 4. The zero-order chi connectivity index (χ0) is 24.8. The van der Waals surface area contributed by atoms with Gasteiger partial charge in [0, 0.05) is 28.3 Å². The predicted molar refractivity (Wildman–Crippen MR) is 126 cm³/mol. The van der Waals surface area contributed by atoms with E-state index in [0.29, 0.717) is 25.1 Å². The molecule has 33 heavy (non-hydrogen) atoms. The molecule has 0 fully saturated rings. The van der Waals surface area contributed by atoms with Gasteiger partial charge in [0.15, 0.2) is 0 Å². The van der Waals surface area contributed by atoms with Crippen molar-refractivity contribution >= 4 is 58.2 Å². The fourth-order valence-corrected chi connectivity index (χ4v) is 3.13. The maximum absolute atomic E-state index is 12.1. The highest BCUT2D eigenvalue weighted by Gasteiger charge is 2.23. The molecule has 182 valence electrons. The first-order valence-electron chi connectivity index (χ1n) is 10.1. The second-order valence-corrected chi connectivity index (χ2v) is 8.37. The average Bonchev–Trinajstić information content (AvgIpc) is 2.71. The molecule has 1 aromatic rings. The van der Waals surface area contributed by atoms with E-state index in [1.165, 1.54) is 0 Å². The van der Waals surface area contributed by atoms with Crippen LogP contribution in [-0.4, -0.2) is 63.9 Å². The van der Waals surface area contributed by atoms with Crippen molar-refractivity contribution in [1.29, 1.82) is 0 Å². The van der Waals surface area contributed by atoms with Crippen LogP contribution in [0.25, 0.3) is 0 Å². The molecule has 0 radical (unpaired) electrons. The molecule has 1 aromatic carbocycles. The third-order valence-electron chi connectivity index (χ3n) is 4.37. The normalized spacial score (nSPS) is 12.2. The molecular weight excluding hydrogens is 551 g/mol. The Morgan fingerprint density at radius 3 is 2.09 bits per heavy atom. The minimum absolute atomic E-state index is 0.285. The average molecular weight is 578 g/mol. The van der Waals surface area contributed by atoms with Gasteiger partial charge in [-0.1, -0.05) is 0 Å². The van der Waals surface area contributed by atoms with Crippen LogP contribution in [0.1, 0.15) is 38.5 Å². The third-order valence-corrected chi connectivity index (χ3v) is 5.09. The van der Waals surface area contributed by atoms with Crippen LogP contribution in [0, 0.1) is 3.57 Å². The number of hydrogen-bond acceptors (Lipinski definition) is 5. The second-order valence-electron chi connectivity index (χ2n) is 7.12. The number of hydrogen-bond donors (Lipinski definition) is 7. The van der Waals surface area contributed by atoms with Gasteiger partial charge in [0.05, 0.1) is 6.42 Å². The molecule has 4 amide bonds. The quantitative estimate of drug-likeness (QED) is 0.129. The first-order chi connectivity index (χ1) is 15.6. The number of urea groups is 2. The van der Waals surface area contributed by atoms with Crippen LogP contribution in [0.2, 0.25) is 0 Å². The summed E-state index contributed by atoms with van der Waals surface area (Å²) in [7, 11) is 0. The van der Waals surface area contributed by atoms with Crippen LogP contribution in [0.3, 0.4) is 0 Å². The number of carbonyl (C=O) groups excluding carboxylic acids is 2. The number of unbranched alkanes of at least 4 members (excludes halogenated alkanes) is 1. The van der Waals surface area contributed by atoms with Gasteiger partial charge in [-0.2, -0.15) is 0 Å². The van der Waals surface area contributed by atoms with E-state index in [9.17, 15) is 24.0 Å². The monoisotopic (exact) mass is 578 g/mol. The van der Waals surface area contributed by atoms with Gasteiger partial charge in [-0.25, -0.2) is 14.4 Å². The Morgan fingerprint density at radius 2 is 1.52 bits per heavy atom. The Morgan fingerprint density at radius 1 is 0.848 bits per heavy atom. The van der Waals surface area contributed by atoms with Crippen molar-refractivity contribution in [3.63, 3.8) is 0 Å². The fourth-order valence-electron chi connectivity index (χ4n) is 2.77. The lowest BCUT2D eigenvalue weighted by Crippen LogP contribution is -2.49. The van der Waals surface area contributed by atoms with Crippen molar-refractivity contribution < 1.29 is 39.3 Å². The number of halogens is 1. The summed E-state index contributed by atoms with van der Waals surface area (Å²) >= 11 is 2.15. The van der Waals surface area contributed by atoms with Gasteiger partial charge in [-0.3, -0.25) is 9.59 Å². The summed E-state index contributed by atoms with van der Waals surface area (Å²) in [5, 5.41) is 36.7. The molecule has 0 spiro atoms. The Bertz CT molecular complexity index is 834. The molecule has 0 aliphatic heterocycles. The highest BCUT2D eigenvalue weighted by Crippen LogP contribution is 2.11. The molecule has 2 atom stereocenters. The topological polar surface area (TPSA) is 194 Å². The lowest BCUT2D eigenvalue weighted by atomic mass is 10.1. The molecule has 0 bridgehead atoms. The van der Waals surface area contributed by atoms with Crippen LogP contribution >= 0.6 is 22.6 Å². The molecule has 12 nitrogen and oxygen atoms in total. The van der Waals surface area contributed by atoms with Crippen molar-refractivity contribution in [1.82, 2.24) is 16.0 Å². The summed E-state index contributed by atoms with van der Waals surface area (Å²) < 4.78 is 1.04. The zero-order valence-corrected chi connectivity index (χ0v) is 19.8. The largest absolute Gasteiger partial charge is 0.481 e. The van der Waals surface area contributed by atoms with Crippen LogP contribution in [0.5, 0.6) is 0 Å². The van der Waals surface area contributed by atoms with E-state index in [1.807, 2.05) is 12.1 Å². The molecule has 0 aromatic heterocycles. The van der Waals surface area contributed by atoms with Crippen molar-refractivity contribution in [2.75, 3.05) is 11.9 Å². The Balaban J connectivity index is 2.41. The minimum atomic E-state index is -1.41.